The standard InChI is InChI=1S/C22H19F3N4O/c23-22(24,25)20-19(26-27-29(20)16-10-11-16)21(30)28-12-15-8-4-5-9-17(15)18(13-28)14-6-2-1-3-7-14/h1-9,16,18H,10-13H2. The molecule has 1 fully saturated rings. The quantitative estimate of drug-likeness (QED) is 0.640. The molecule has 5 rings (SSSR count). The van der Waals surface area contributed by atoms with E-state index < -0.39 is 23.5 Å². The molecule has 1 atom stereocenters. The van der Waals surface area contributed by atoms with Gasteiger partial charge in [0.25, 0.3) is 5.91 Å². The molecule has 1 aliphatic carbocycles. The highest BCUT2D eigenvalue weighted by Crippen LogP contribution is 2.41. The van der Waals surface area contributed by atoms with E-state index >= 15 is 0 Å². The number of carbonyl (C=O) groups is 1. The topological polar surface area (TPSA) is 51.0 Å². The molecular formula is C22H19F3N4O. The van der Waals surface area contributed by atoms with Crippen molar-refractivity contribution in [3.63, 3.8) is 0 Å². The van der Waals surface area contributed by atoms with Gasteiger partial charge in [0.15, 0.2) is 11.4 Å². The van der Waals surface area contributed by atoms with E-state index in [1.165, 1.54) is 4.90 Å². The van der Waals surface area contributed by atoms with Gasteiger partial charge in [-0.3, -0.25) is 4.79 Å². The molecule has 0 bridgehead atoms. The Labute approximate surface area is 171 Å². The van der Waals surface area contributed by atoms with Crippen molar-refractivity contribution in [2.75, 3.05) is 6.54 Å². The second kappa shape index (κ2) is 6.97. The molecular weight excluding hydrogens is 393 g/mol. The first-order valence-corrected chi connectivity index (χ1v) is 9.88. The summed E-state index contributed by atoms with van der Waals surface area (Å²) in [5.41, 5.74) is 1.38. The molecule has 0 spiro atoms. The van der Waals surface area contributed by atoms with Crippen LogP contribution in [-0.2, 0) is 12.7 Å². The summed E-state index contributed by atoms with van der Waals surface area (Å²) in [6.07, 6.45) is -3.45. The summed E-state index contributed by atoms with van der Waals surface area (Å²) in [6.45, 7) is 0.527. The Balaban J connectivity index is 1.53. The summed E-state index contributed by atoms with van der Waals surface area (Å²) in [5.74, 6) is -0.849. The van der Waals surface area contributed by atoms with Crippen molar-refractivity contribution >= 4 is 5.91 Å². The van der Waals surface area contributed by atoms with Crippen LogP contribution in [0.4, 0.5) is 13.2 Å². The van der Waals surface area contributed by atoms with Crippen LogP contribution < -0.4 is 0 Å². The maximum atomic E-state index is 13.8. The van der Waals surface area contributed by atoms with Gasteiger partial charge in [0.2, 0.25) is 0 Å². The number of nitrogens with zero attached hydrogens (tertiary/aromatic N) is 4. The number of benzene rings is 2. The van der Waals surface area contributed by atoms with E-state index in [1.54, 1.807) is 0 Å². The molecule has 30 heavy (non-hydrogen) atoms. The van der Waals surface area contributed by atoms with Crippen LogP contribution in [-0.4, -0.2) is 32.3 Å². The number of aromatic nitrogens is 3. The summed E-state index contributed by atoms with van der Waals surface area (Å²) in [6, 6.07) is 17.1. The highest BCUT2D eigenvalue weighted by molar-refractivity contribution is 5.93. The zero-order chi connectivity index (χ0) is 20.9. The molecule has 1 saturated carbocycles. The molecule has 0 N–H and O–H groups in total. The van der Waals surface area contributed by atoms with Crippen LogP contribution in [0.15, 0.2) is 54.6 Å². The Hall–Kier alpha value is -3.16. The molecule has 1 aliphatic heterocycles. The van der Waals surface area contributed by atoms with Gasteiger partial charge in [-0.05, 0) is 29.5 Å². The van der Waals surface area contributed by atoms with Crippen molar-refractivity contribution in [1.82, 2.24) is 19.9 Å². The number of carbonyl (C=O) groups excluding carboxylic acids is 1. The molecule has 0 saturated heterocycles. The fraction of sp³-hybridized carbons (Fsp3) is 0.318. The van der Waals surface area contributed by atoms with Crippen molar-refractivity contribution in [3.05, 3.63) is 82.7 Å². The Morgan fingerprint density at radius 1 is 1.00 bits per heavy atom. The van der Waals surface area contributed by atoms with Gasteiger partial charge in [-0.2, -0.15) is 13.2 Å². The smallest absolute Gasteiger partial charge is 0.332 e. The minimum absolute atomic E-state index is 0.118. The summed E-state index contributed by atoms with van der Waals surface area (Å²) in [7, 11) is 0. The second-order valence-electron chi connectivity index (χ2n) is 7.81. The largest absolute Gasteiger partial charge is 0.435 e. The highest BCUT2D eigenvalue weighted by Gasteiger charge is 2.46. The van der Waals surface area contributed by atoms with Gasteiger partial charge in [0, 0.05) is 19.0 Å². The van der Waals surface area contributed by atoms with Crippen molar-refractivity contribution in [1.29, 1.82) is 0 Å². The Morgan fingerprint density at radius 2 is 1.70 bits per heavy atom. The van der Waals surface area contributed by atoms with Crippen LogP contribution in [0.3, 0.4) is 0 Å². The van der Waals surface area contributed by atoms with Crippen molar-refractivity contribution in [2.24, 2.45) is 0 Å². The van der Waals surface area contributed by atoms with Crippen LogP contribution in [0.1, 0.15) is 57.7 Å². The van der Waals surface area contributed by atoms with Crippen LogP contribution in [0.25, 0.3) is 0 Å². The maximum absolute atomic E-state index is 13.8. The molecule has 2 heterocycles. The molecule has 1 aromatic heterocycles. The van der Waals surface area contributed by atoms with Gasteiger partial charge in [-0.15, -0.1) is 5.10 Å². The first-order valence-electron chi connectivity index (χ1n) is 9.88. The SMILES string of the molecule is O=C(c1nnn(C2CC2)c1C(F)(F)F)N1Cc2ccccc2C(c2ccccc2)C1. The molecule has 2 aromatic carbocycles. The lowest BCUT2D eigenvalue weighted by Gasteiger charge is -2.35. The maximum Gasteiger partial charge on any atom is 0.435 e. The van der Waals surface area contributed by atoms with Crippen LogP contribution in [0, 0.1) is 0 Å². The molecule has 154 valence electrons. The lowest BCUT2D eigenvalue weighted by Crippen LogP contribution is -2.39. The number of halogens is 3. The summed E-state index contributed by atoms with van der Waals surface area (Å²) < 4.78 is 42.2. The van der Waals surface area contributed by atoms with E-state index in [0.717, 1.165) is 21.4 Å². The highest BCUT2D eigenvalue weighted by atomic mass is 19.4. The first-order chi connectivity index (χ1) is 14.4. The summed E-state index contributed by atoms with van der Waals surface area (Å²) in [4.78, 5) is 14.7. The predicted molar refractivity (Wildman–Crippen MR) is 103 cm³/mol. The van der Waals surface area contributed by atoms with Gasteiger partial charge < -0.3 is 4.90 Å². The van der Waals surface area contributed by atoms with E-state index in [0.29, 0.717) is 12.8 Å². The fourth-order valence-electron chi connectivity index (χ4n) is 4.16. The molecule has 1 amide bonds. The summed E-state index contributed by atoms with van der Waals surface area (Å²) >= 11 is 0. The van der Waals surface area contributed by atoms with Gasteiger partial charge in [0.05, 0.1) is 6.04 Å². The third-order valence-corrected chi connectivity index (χ3v) is 5.74. The third-order valence-electron chi connectivity index (χ3n) is 5.74. The van der Waals surface area contributed by atoms with Gasteiger partial charge in [0.1, 0.15) is 0 Å². The van der Waals surface area contributed by atoms with E-state index in [-0.39, 0.29) is 25.0 Å². The number of rotatable bonds is 3. The van der Waals surface area contributed by atoms with E-state index in [1.807, 2.05) is 54.6 Å². The number of hydrogen-bond donors (Lipinski definition) is 0. The minimum Gasteiger partial charge on any atom is -0.332 e. The summed E-state index contributed by atoms with van der Waals surface area (Å²) in [5, 5.41) is 7.36. The Bertz CT molecular complexity index is 1090. The van der Waals surface area contributed by atoms with Gasteiger partial charge in [-0.1, -0.05) is 59.8 Å². The Morgan fingerprint density at radius 3 is 2.40 bits per heavy atom. The first kappa shape index (κ1) is 18.8. The number of fused-ring (bicyclic) bond motifs is 1. The lowest BCUT2D eigenvalue weighted by molar-refractivity contribution is -0.144. The Kier molecular flexibility index (Phi) is 4.38. The molecule has 3 aromatic rings. The average Bonchev–Trinajstić information content (AvgIpc) is 3.49. The van der Waals surface area contributed by atoms with Crippen LogP contribution in [0.5, 0.6) is 0 Å². The minimum atomic E-state index is -4.69. The zero-order valence-corrected chi connectivity index (χ0v) is 16.0. The van der Waals surface area contributed by atoms with Crippen molar-refractivity contribution in [3.8, 4) is 0 Å². The second-order valence-corrected chi connectivity index (χ2v) is 7.81. The number of alkyl halides is 3. The van der Waals surface area contributed by atoms with Crippen molar-refractivity contribution < 1.29 is 18.0 Å². The average molecular weight is 412 g/mol. The zero-order valence-electron chi connectivity index (χ0n) is 16.0. The predicted octanol–water partition coefficient (Wildman–Crippen LogP) is 4.42. The molecule has 0 radical (unpaired) electrons. The van der Waals surface area contributed by atoms with Crippen LogP contribution >= 0.6 is 0 Å². The number of hydrogen-bond acceptors (Lipinski definition) is 3. The third kappa shape index (κ3) is 3.26. The normalized spacial score (nSPS) is 18.9. The van der Waals surface area contributed by atoms with E-state index in [2.05, 4.69) is 10.3 Å². The molecule has 2 aliphatic rings. The van der Waals surface area contributed by atoms with E-state index in [9.17, 15) is 18.0 Å². The number of amides is 1. The van der Waals surface area contributed by atoms with Gasteiger partial charge in [-0.25, -0.2) is 4.68 Å². The molecule has 1 unspecified atom stereocenters. The fourth-order valence-corrected chi connectivity index (χ4v) is 4.16. The van der Waals surface area contributed by atoms with E-state index in [4.69, 9.17) is 0 Å². The monoisotopic (exact) mass is 412 g/mol. The van der Waals surface area contributed by atoms with Crippen LogP contribution in [0.2, 0.25) is 0 Å². The molecule has 8 heteroatoms. The lowest BCUT2D eigenvalue weighted by atomic mass is 9.84. The van der Waals surface area contributed by atoms with Gasteiger partial charge >= 0.3 is 6.18 Å². The van der Waals surface area contributed by atoms with Crippen molar-refractivity contribution in [2.45, 2.75) is 37.5 Å². The molecule has 5 nitrogen and oxygen atoms in total.